The summed E-state index contributed by atoms with van der Waals surface area (Å²) in [6.07, 6.45) is 3.20. The Hall–Kier alpha value is -2.15. The monoisotopic (exact) mass is 279 g/mol. The topological polar surface area (TPSA) is 91.8 Å². The maximum absolute atomic E-state index is 12.1. The summed E-state index contributed by atoms with van der Waals surface area (Å²) in [5.41, 5.74) is 0.0330. The van der Waals surface area contributed by atoms with E-state index >= 15 is 0 Å². The van der Waals surface area contributed by atoms with Gasteiger partial charge in [-0.1, -0.05) is 0 Å². The van der Waals surface area contributed by atoms with Crippen LogP contribution in [0.3, 0.4) is 0 Å². The van der Waals surface area contributed by atoms with E-state index in [1.165, 1.54) is 12.3 Å². The van der Waals surface area contributed by atoms with Crippen LogP contribution in [-0.2, 0) is 4.74 Å². The number of nitrogens with one attached hydrogen (secondary N) is 1. The fourth-order valence-electron chi connectivity index (χ4n) is 2.19. The van der Waals surface area contributed by atoms with Crippen LogP contribution in [0.2, 0.25) is 0 Å². The van der Waals surface area contributed by atoms with E-state index in [1.54, 1.807) is 18.1 Å². The lowest BCUT2D eigenvalue weighted by Crippen LogP contribution is -2.45. The molecule has 2 heterocycles. The maximum Gasteiger partial charge on any atom is 0.356 e. The number of carboxylic acid groups (broad SMARTS) is 1. The molecule has 7 heteroatoms. The normalized spacial score (nSPS) is 18.6. The lowest BCUT2D eigenvalue weighted by molar-refractivity contribution is 0.0458. The highest BCUT2D eigenvalue weighted by Crippen LogP contribution is 2.16. The van der Waals surface area contributed by atoms with Gasteiger partial charge in [-0.2, -0.15) is 0 Å². The van der Waals surface area contributed by atoms with Crippen LogP contribution in [0.25, 0.3) is 0 Å². The number of carbonyl (C=O) groups is 2. The number of ether oxygens (including phenoxy) is 1. The zero-order valence-corrected chi connectivity index (χ0v) is 11.2. The molecule has 0 saturated carbocycles. The highest BCUT2D eigenvalue weighted by Gasteiger charge is 2.24. The molecule has 108 valence electrons. The lowest BCUT2D eigenvalue weighted by Gasteiger charge is -2.31. The van der Waals surface area contributed by atoms with Crippen molar-refractivity contribution >= 4 is 17.7 Å². The Bertz CT molecular complexity index is 506. The smallest absolute Gasteiger partial charge is 0.356 e. The first-order valence-corrected chi connectivity index (χ1v) is 6.39. The van der Waals surface area contributed by atoms with Gasteiger partial charge in [-0.15, -0.1) is 0 Å². The molecule has 1 aromatic rings. The van der Waals surface area contributed by atoms with E-state index in [-0.39, 0.29) is 23.5 Å². The minimum Gasteiger partial charge on any atom is -0.476 e. The van der Waals surface area contributed by atoms with Crippen LogP contribution < -0.4 is 5.32 Å². The molecule has 1 unspecified atom stereocenters. The Morgan fingerprint density at radius 3 is 3.05 bits per heavy atom. The molecule has 1 atom stereocenters. The number of aromatic carboxylic acids is 1. The standard InChI is InChI=1S/C13H17N3O4/c1-20-9-4-3-7-16(8-9)13(19)15-10-5-2-6-14-11(10)12(17)18/h2,5-6,9H,3-4,7-8H2,1H3,(H,15,19)(H,17,18). The van der Waals surface area contributed by atoms with E-state index in [9.17, 15) is 9.59 Å². The van der Waals surface area contributed by atoms with Crippen molar-refractivity contribution in [3.8, 4) is 0 Å². The number of piperidine rings is 1. The Kier molecular flexibility index (Phi) is 4.52. The highest BCUT2D eigenvalue weighted by atomic mass is 16.5. The van der Waals surface area contributed by atoms with Gasteiger partial charge in [0.1, 0.15) is 0 Å². The van der Waals surface area contributed by atoms with Gasteiger partial charge in [0.2, 0.25) is 0 Å². The van der Waals surface area contributed by atoms with Crippen molar-refractivity contribution in [2.24, 2.45) is 0 Å². The Morgan fingerprint density at radius 1 is 1.55 bits per heavy atom. The van der Waals surface area contributed by atoms with Crippen molar-refractivity contribution in [3.63, 3.8) is 0 Å². The predicted molar refractivity (Wildman–Crippen MR) is 71.8 cm³/mol. The molecule has 1 fully saturated rings. The number of amides is 2. The molecule has 0 bridgehead atoms. The average Bonchev–Trinajstić information content (AvgIpc) is 2.47. The molecular weight excluding hydrogens is 262 g/mol. The summed E-state index contributed by atoms with van der Waals surface area (Å²) in [5, 5.41) is 11.6. The van der Waals surface area contributed by atoms with Crippen LogP contribution in [0.5, 0.6) is 0 Å². The van der Waals surface area contributed by atoms with Gasteiger partial charge in [0, 0.05) is 26.4 Å². The molecule has 1 aliphatic rings. The molecule has 0 aromatic carbocycles. The molecule has 0 aliphatic carbocycles. The number of methoxy groups -OCH3 is 1. The average molecular weight is 279 g/mol. The van der Waals surface area contributed by atoms with Gasteiger partial charge in [-0.3, -0.25) is 0 Å². The van der Waals surface area contributed by atoms with Gasteiger partial charge < -0.3 is 20.1 Å². The van der Waals surface area contributed by atoms with Gasteiger partial charge in [-0.05, 0) is 25.0 Å². The summed E-state index contributed by atoms with van der Waals surface area (Å²) in [4.78, 5) is 28.5. The number of hydrogen-bond acceptors (Lipinski definition) is 4. The number of likely N-dealkylation sites (tertiary alicyclic amines) is 1. The van der Waals surface area contributed by atoms with Gasteiger partial charge in [-0.25, -0.2) is 14.6 Å². The molecule has 1 aromatic heterocycles. The summed E-state index contributed by atoms with van der Waals surface area (Å²) in [6.45, 7) is 1.14. The van der Waals surface area contributed by atoms with Crippen molar-refractivity contribution < 1.29 is 19.4 Å². The van der Waals surface area contributed by atoms with Crippen LogP contribution in [0.1, 0.15) is 23.3 Å². The molecular formula is C13H17N3O4. The van der Waals surface area contributed by atoms with Crippen molar-refractivity contribution in [3.05, 3.63) is 24.0 Å². The second-order valence-corrected chi connectivity index (χ2v) is 4.58. The molecule has 20 heavy (non-hydrogen) atoms. The third-order valence-corrected chi connectivity index (χ3v) is 3.25. The van der Waals surface area contributed by atoms with Crippen molar-refractivity contribution in [2.45, 2.75) is 18.9 Å². The van der Waals surface area contributed by atoms with E-state index in [2.05, 4.69) is 10.3 Å². The number of rotatable bonds is 3. The molecule has 7 nitrogen and oxygen atoms in total. The quantitative estimate of drug-likeness (QED) is 0.873. The number of aromatic nitrogens is 1. The molecule has 1 saturated heterocycles. The van der Waals surface area contributed by atoms with Crippen molar-refractivity contribution in [2.75, 3.05) is 25.5 Å². The fraction of sp³-hybridized carbons (Fsp3) is 0.462. The molecule has 1 aliphatic heterocycles. The van der Waals surface area contributed by atoms with Crippen molar-refractivity contribution in [1.29, 1.82) is 0 Å². The predicted octanol–water partition coefficient (Wildman–Crippen LogP) is 1.42. The number of urea groups is 1. The molecule has 2 amide bonds. The second kappa shape index (κ2) is 6.33. The van der Waals surface area contributed by atoms with Crippen LogP contribution in [0.15, 0.2) is 18.3 Å². The van der Waals surface area contributed by atoms with Crippen LogP contribution in [-0.4, -0.2) is 53.3 Å². The van der Waals surface area contributed by atoms with E-state index in [0.29, 0.717) is 13.1 Å². The third-order valence-electron chi connectivity index (χ3n) is 3.25. The van der Waals surface area contributed by atoms with Crippen LogP contribution >= 0.6 is 0 Å². The summed E-state index contributed by atoms with van der Waals surface area (Å²) in [7, 11) is 1.62. The number of carboxylic acids is 1. The number of hydrogen-bond donors (Lipinski definition) is 2. The first kappa shape index (κ1) is 14.3. The zero-order valence-electron chi connectivity index (χ0n) is 11.2. The Morgan fingerprint density at radius 2 is 2.35 bits per heavy atom. The van der Waals surface area contributed by atoms with E-state index in [1.807, 2.05) is 0 Å². The van der Waals surface area contributed by atoms with Crippen LogP contribution in [0.4, 0.5) is 10.5 Å². The second-order valence-electron chi connectivity index (χ2n) is 4.58. The van der Waals surface area contributed by atoms with Gasteiger partial charge in [0.25, 0.3) is 0 Å². The highest BCUT2D eigenvalue weighted by molar-refractivity contribution is 5.98. The first-order valence-electron chi connectivity index (χ1n) is 6.39. The van der Waals surface area contributed by atoms with E-state index in [0.717, 1.165) is 12.8 Å². The maximum atomic E-state index is 12.1. The van der Waals surface area contributed by atoms with E-state index in [4.69, 9.17) is 9.84 Å². The Labute approximate surface area is 116 Å². The minimum atomic E-state index is -1.17. The number of anilines is 1. The SMILES string of the molecule is COC1CCCN(C(=O)Nc2cccnc2C(=O)O)C1. The number of nitrogens with zero attached hydrogens (tertiary/aromatic N) is 2. The summed E-state index contributed by atoms with van der Waals surface area (Å²) >= 11 is 0. The summed E-state index contributed by atoms with van der Waals surface area (Å²) in [6, 6.07) is 2.77. The molecule has 0 spiro atoms. The van der Waals surface area contributed by atoms with Crippen molar-refractivity contribution in [1.82, 2.24) is 9.88 Å². The summed E-state index contributed by atoms with van der Waals surface area (Å²) < 4.78 is 5.26. The fourth-order valence-corrected chi connectivity index (χ4v) is 2.19. The zero-order chi connectivity index (χ0) is 14.5. The minimum absolute atomic E-state index is 0.0299. The number of pyridine rings is 1. The largest absolute Gasteiger partial charge is 0.476 e. The van der Waals surface area contributed by atoms with Gasteiger partial charge in [0.05, 0.1) is 11.8 Å². The molecule has 0 radical (unpaired) electrons. The first-order chi connectivity index (χ1) is 9.61. The molecule has 2 N–H and O–H groups in total. The lowest BCUT2D eigenvalue weighted by atomic mass is 10.1. The van der Waals surface area contributed by atoms with Gasteiger partial charge in [0.15, 0.2) is 5.69 Å². The molecule has 2 rings (SSSR count). The van der Waals surface area contributed by atoms with Gasteiger partial charge >= 0.3 is 12.0 Å². The third kappa shape index (κ3) is 3.24. The van der Waals surface area contributed by atoms with E-state index < -0.39 is 5.97 Å². The number of carbonyl (C=O) groups excluding carboxylic acids is 1. The summed E-state index contributed by atoms with van der Waals surface area (Å²) in [5.74, 6) is -1.17. The Balaban J connectivity index is 2.06. The van der Waals surface area contributed by atoms with Crippen LogP contribution in [0, 0.1) is 0 Å².